The van der Waals surface area contributed by atoms with E-state index < -0.39 is 0 Å². The smallest absolute Gasteiger partial charge is 0.270 e. The van der Waals surface area contributed by atoms with Crippen molar-refractivity contribution in [2.45, 2.75) is 39.8 Å². The van der Waals surface area contributed by atoms with E-state index in [4.69, 9.17) is 0 Å². The lowest BCUT2D eigenvalue weighted by atomic mass is 10.1. The third kappa shape index (κ3) is 3.73. The molecule has 4 nitrogen and oxygen atoms in total. The maximum atomic E-state index is 12.4. The van der Waals surface area contributed by atoms with E-state index in [1.807, 2.05) is 51.1 Å². The van der Waals surface area contributed by atoms with Crippen LogP contribution in [0.5, 0.6) is 0 Å². The minimum absolute atomic E-state index is 0.0455. The van der Waals surface area contributed by atoms with Gasteiger partial charge in [0, 0.05) is 11.0 Å². The van der Waals surface area contributed by atoms with Crippen LogP contribution in [-0.2, 0) is 13.0 Å². The molecule has 0 aliphatic rings. The maximum Gasteiger partial charge on any atom is 0.270 e. The van der Waals surface area contributed by atoms with E-state index in [0.29, 0.717) is 12.2 Å². The Morgan fingerprint density at radius 1 is 1.33 bits per heavy atom. The molecule has 1 unspecified atom stereocenters. The largest absolute Gasteiger partial charge is 0.344 e. The quantitative estimate of drug-likeness (QED) is 0.893. The molecule has 0 radical (unpaired) electrons. The summed E-state index contributed by atoms with van der Waals surface area (Å²) >= 11 is 3.41. The van der Waals surface area contributed by atoms with Crippen LogP contribution in [-0.4, -0.2) is 15.7 Å². The number of carbonyl (C=O) groups excluding carboxylic acids is 1. The van der Waals surface area contributed by atoms with Gasteiger partial charge in [-0.25, -0.2) is 0 Å². The number of nitrogens with zero attached hydrogens (tertiary/aromatic N) is 2. The topological polar surface area (TPSA) is 46.9 Å². The van der Waals surface area contributed by atoms with E-state index >= 15 is 0 Å². The van der Waals surface area contributed by atoms with Crippen LogP contribution in [0.3, 0.4) is 0 Å². The predicted molar refractivity (Wildman–Crippen MR) is 87.3 cm³/mol. The molecule has 1 aromatic carbocycles. The molecule has 0 saturated heterocycles. The molecule has 0 saturated carbocycles. The predicted octanol–water partition coefficient (Wildman–Crippen LogP) is 3.72. The zero-order chi connectivity index (χ0) is 15.4. The monoisotopic (exact) mass is 349 g/mol. The second-order valence-corrected chi connectivity index (χ2v) is 5.85. The molecule has 2 aromatic rings. The molecule has 0 fully saturated rings. The van der Waals surface area contributed by atoms with Gasteiger partial charge in [0.15, 0.2) is 0 Å². The van der Waals surface area contributed by atoms with Gasteiger partial charge in [0.1, 0.15) is 5.69 Å². The molecular formula is C16H20BrN3O. The van der Waals surface area contributed by atoms with Gasteiger partial charge < -0.3 is 5.32 Å². The van der Waals surface area contributed by atoms with Crippen LogP contribution in [0.15, 0.2) is 34.8 Å². The lowest BCUT2D eigenvalue weighted by molar-refractivity contribution is 0.0929. The minimum Gasteiger partial charge on any atom is -0.344 e. The Morgan fingerprint density at radius 3 is 2.57 bits per heavy atom. The number of nitrogens with one attached hydrogen (secondary N) is 1. The molecule has 112 valence electrons. The van der Waals surface area contributed by atoms with Crippen molar-refractivity contribution in [2.75, 3.05) is 0 Å². The number of rotatable bonds is 5. The standard InChI is InChI=1S/C16H20BrN3O/c1-4-14-10-15(20(5-2)19-14)16(21)18-11(3)12-6-8-13(17)9-7-12/h6-11H,4-5H2,1-3H3,(H,18,21). The van der Waals surface area contributed by atoms with E-state index in [1.165, 1.54) is 0 Å². The lowest BCUT2D eigenvalue weighted by Crippen LogP contribution is -2.28. The number of aromatic nitrogens is 2. The third-order valence-corrected chi connectivity index (χ3v) is 3.97. The first kappa shape index (κ1) is 15.8. The summed E-state index contributed by atoms with van der Waals surface area (Å²) in [7, 11) is 0. The highest BCUT2D eigenvalue weighted by atomic mass is 79.9. The van der Waals surface area contributed by atoms with Crippen molar-refractivity contribution < 1.29 is 4.79 Å². The molecule has 0 aliphatic carbocycles. The molecule has 0 spiro atoms. The van der Waals surface area contributed by atoms with Crippen molar-refractivity contribution in [1.29, 1.82) is 0 Å². The average molecular weight is 350 g/mol. The average Bonchev–Trinajstić information content (AvgIpc) is 2.91. The van der Waals surface area contributed by atoms with Crippen LogP contribution in [0.4, 0.5) is 0 Å². The van der Waals surface area contributed by atoms with Gasteiger partial charge in [-0.2, -0.15) is 5.10 Å². The molecule has 1 amide bonds. The van der Waals surface area contributed by atoms with Crippen molar-refractivity contribution in [3.05, 3.63) is 51.8 Å². The molecule has 0 aliphatic heterocycles. The molecule has 0 bridgehead atoms. The van der Waals surface area contributed by atoms with Crippen molar-refractivity contribution in [3.8, 4) is 0 Å². The summed E-state index contributed by atoms with van der Waals surface area (Å²) in [6, 6.07) is 9.78. The van der Waals surface area contributed by atoms with Gasteiger partial charge in [-0.15, -0.1) is 0 Å². The van der Waals surface area contributed by atoms with Gasteiger partial charge in [0.25, 0.3) is 5.91 Å². The van der Waals surface area contributed by atoms with Gasteiger partial charge in [0.2, 0.25) is 0 Å². The van der Waals surface area contributed by atoms with E-state index in [1.54, 1.807) is 4.68 Å². The number of hydrogen-bond acceptors (Lipinski definition) is 2. The van der Waals surface area contributed by atoms with Crippen LogP contribution in [0, 0.1) is 0 Å². The molecule has 21 heavy (non-hydrogen) atoms. The maximum absolute atomic E-state index is 12.4. The summed E-state index contributed by atoms with van der Waals surface area (Å²) in [5.41, 5.74) is 2.64. The molecule has 5 heteroatoms. The minimum atomic E-state index is -0.0838. The summed E-state index contributed by atoms with van der Waals surface area (Å²) in [4.78, 5) is 12.4. The second-order valence-electron chi connectivity index (χ2n) is 4.94. The molecule has 1 N–H and O–H groups in total. The number of halogens is 1. The Hall–Kier alpha value is -1.62. The third-order valence-electron chi connectivity index (χ3n) is 3.44. The van der Waals surface area contributed by atoms with Gasteiger partial charge in [-0.1, -0.05) is 35.0 Å². The molecule has 1 aromatic heterocycles. The molecule has 2 rings (SSSR count). The summed E-state index contributed by atoms with van der Waals surface area (Å²) in [5.74, 6) is -0.0838. The van der Waals surface area contributed by atoms with Gasteiger partial charge >= 0.3 is 0 Å². The summed E-state index contributed by atoms with van der Waals surface area (Å²) in [5, 5.41) is 7.44. The Bertz CT molecular complexity index is 619. The van der Waals surface area contributed by atoms with Gasteiger partial charge in [-0.3, -0.25) is 9.48 Å². The van der Waals surface area contributed by atoms with E-state index in [0.717, 1.165) is 22.2 Å². The molecule has 1 heterocycles. The Labute approximate surface area is 133 Å². The molecular weight excluding hydrogens is 330 g/mol. The highest BCUT2D eigenvalue weighted by Gasteiger charge is 2.16. The number of benzene rings is 1. The van der Waals surface area contributed by atoms with E-state index in [9.17, 15) is 4.79 Å². The van der Waals surface area contributed by atoms with Crippen molar-refractivity contribution in [2.24, 2.45) is 0 Å². The summed E-state index contributed by atoms with van der Waals surface area (Å²) in [6.45, 7) is 6.69. The fourth-order valence-electron chi connectivity index (χ4n) is 2.17. The molecule has 1 atom stereocenters. The fourth-order valence-corrected chi connectivity index (χ4v) is 2.44. The van der Waals surface area contributed by atoms with E-state index in [-0.39, 0.29) is 11.9 Å². The normalized spacial score (nSPS) is 12.2. The van der Waals surface area contributed by atoms with Crippen molar-refractivity contribution >= 4 is 21.8 Å². The number of amides is 1. The Kier molecular flexibility index (Phi) is 5.17. The first-order valence-electron chi connectivity index (χ1n) is 7.18. The Balaban J connectivity index is 2.13. The SMILES string of the molecule is CCc1cc(C(=O)NC(C)c2ccc(Br)cc2)n(CC)n1. The van der Waals surface area contributed by atoms with Crippen LogP contribution >= 0.6 is 15.9 Å². The lowest BCUT2D eigenvalue weighted by Gasteiger charge is -2.14. The first-order valence-corrected chi connectivity index (χ1v) is 7.97. The number of hydrogen-bond donors (Lipinski definition) is 1. The van der Waals surface area contributed by atoms with Gasteiger partial charge in [0.05, 0.1) is 11.7 Å². The van der Waals surface area contributed by atoms with Crippen LogP contribution in [0.25, 0.3) is 0 Å². The van der Waals surface area contributed by atoms with Crippen LogP contribution in [0.1, 0.15) is 48.6 Å². The number of carbonyl (C=O) groups is 1. The fraction of sp³-hybridized carbons (Fsp3) is 0.375. The zero-order valence-electron chi connectivity index (χ0n) is 12.6. The highest BCUT2D eigenvalue weighted by molar-refractivity contribution is 9.10. The Morgan fingerprint density at radius 2 is 2.00 bits per heavy atom. The zero-order valence-corrected chi connectivity index (χ0v) is 14.1. The summed E-state index contributed by atoms with van der Waals surface area (Å²) in [6.07, 6.45) is 0.829. The van der Waals surface area contributed by atoms with E-state index in [2.05, 4.69) is 26.3 Å². The van der Waals surface area contributed by atoms with Crippen LogP contribution < -0.4 is 5.32 Å². The van der Waals surface area contributed by atoms with Crippen molar-refractivity contribution in [1.82, 2.24) is 15.1 Å². The summed E-state index contributed by atoms with van der Waals surface area (Å²) < 4.78 is 2.78. The van der Waals surface area contributed by atoms with Crippen LogP contribution in [0.2, 0.25) is 0 Å². The second kappa shape index (κ2) is 6.89. The number of aryl methyl sites for hydroxylation is 2. The highest BCUT2D eigenvalue weighted by Crippen LogP contribution is 2.17. The first-order chi connectivity index (χ1) is 10.0. The van der Waals surface area contributed by atoms with Crippen molar-refractivity contribution in [3.63, 3.8) is 0 Å². The van der Waals surface area contributed by atoms with Gasteiger partial charge in [-0.05, 0) is 44.0 Å².